The highest BCUT2D eigenvalue weighted by Gasteiger charge is 2.42. The summed E-state index contributed by atoms with van der Waals surface area (Å²) in [5.41, 5.74) is -0.196. The monoisotopic (exact) mass is 292 g/mol. The van der Waals surface area contributed by atoms with Crippen molar-refractivity contribution in [2.24, 2.45) is 0 Å². The lowest BCUT2D eigenvalue weighted by molar-refractivity contribution is 0.0717. The number of aromatic nitrogens is 2. The Hall–Kier alpha value is -1.66. The first-order valence-electron chi connectivity index (χ1n) is 6.55. The molecule has 1 unspecified atom stereocenters. The van der Waals surface area contributed by atoms with Gasteiger partial charge < -0.3 is 5.11 Å². The molecule has 1 N–H and O–H groups in total. The minimum atomic E-state index is -3.31. The molecule has 0 saturated heterocycles. The van der Waals surface area contributed by atoms with Crippen LogP contribution in [0.2, 0.25) is 0 Å². The van der Waals surface area contributed by atoms with Crippen LogP contribution in [-0.4, -0.2) is 29.1 Å². The summed E-state index contributed by atoms with van der Waals surface area (Å²) in [6.07, 6.45) is 3.54. The molecule has 0 fully saturated rings. The number of hydrogen-bond acceptors (Lipinski definition) is 4. The van der Waals surface area contributed by atoms with E-state index in [1.54, 1.807) is 41.3 Å². The van der Waals surface area contributed by atoms with Crippen LogP contribution in [0.4, 0.5) is 0 Å². The van der Waals surface area contributed by atoms with E-state index in [0.717, 1.165) is 0 Å². The van der Waals surface area contributed by atoms with Gasteiger partial charge in [-0.15, -0.1) is 0 Å². The smallest absolute Gasteiger partial charge is 0.178 e. The Balaban J connectivity index is 2.20. The summed E-state index contributed by atoms with van der Waals surface area (Å²) in [4.78, 5) is 0.220. The fourth-order valence-corrected chi connectivity index (χ4v) is 4.30. The van der Waals surface area contributed by atoms with E-state index in [4.69, 9.17) is 0 Å². The van der Waals surface area contributed by atoms with Gasteiger partial charge in [0.25, 0.3) is 0 Å². The third kappa shape index (κ3) is 1.87. The van der Waals surface area contributed by atoms with Gasteiger partial charge in [0.15, 0.2) is 9.84 Å². The van der Waals surface area contributed by atoms with Gasteiger partial charge in [0.1, 0.15) is 5.60 Å². The van der Waals surface area contributed by atoms with Gasteiger partial charge in [-0.1, -0.05) is 18.2 Å². The van der Waals surface area contributed by atoms with Crippen molar-refractivity contribution >= 4 is 9.84 Å². The van der Waals surface area contributed by atoms with Crippen molar-refractivity contribution in [2.75, 3.05) is 5.75 Å². The molecule has 1 aromatic heterocycles. The van der Waals surface area contributed by atoms with E-state index in [-0.39, 0.29) is 17.1 Å². The summed E-state index contributed by atoms with van der Waals surface area (Å²) in [7, 11) is -3.31. The number of nitrogens with zero attached hydrogens (tertiary/aromatic N) is 2. The Morgan fingerprint density at radius 3 is 2.85 bits per heavy atom. The number of benzene rings is 1. The van der Waals surface area contributed by atoms with Crippen molar-refractivity contribution in [1.82, 2.24) is 9.78 Å². The maximum absolute atomic E-state index is 12.1. The van der Waals surface area contributed by atoms with Crippen molar-refractivity contribution in [1.29, 1.82) is 0 Å². The highest BCUT2D eigenvalue weighted by atomic mass is 32.2. The molecule has 106 valence electrons. The second-order valence-electron chi connectivity index (χ2n) is 5.01. The summed E-state index contributed by atoms with van der Waals surface area (Å²) in [6, 6.07) is 6.65. The molecular formula is C14H16N2O3S. The quantitative estimate of drug-likeness (QED) is 0.906. The molecule has 0 aliphatic carbocycles. The van der Waals surface area contributed by atoms with E-state index >= 15 is 0 Å². The minimum absolute atomic E-state index is 0.0577. The van der Waals surface area contributed by atoms with Gasteiger partial charge in [-0.3, -0.25) is 4.68 Å². The fraction of sp³-hybridized carbons (Fsp3) is 0.357. The Kier molecular flexibility index (Phi) is 2.95. The molecule has 3 rings (SSSR count). The van der Waals surface area contributed by atoms with Crippen molar-refractivity contribution in [3.05, 3.63) is 47.8 Å². The molecule has 1 aliphatic heterocycles. The average Bonchev–Trinajstić information content (AvgIpc) is 2.93. The molecule has 0 saturated carbocycles. The Morgan fingerprint density at radius 1 is 1.40 bits per heavy atom. The predicted molar refractivity (Wildman–Crippen MR) is 74.0 cm³/mol. The first kappa shape index (κ1) is 13.3. The predicted octanol–water partition coefficient (Wildman–Crippen LogP) is 1.32. The molecule has 0 bridgehead atoms. The van der Waals surface area contributed by atoms with Crippen molar-refractivity contribution in [3.63, 3.8) is 0 Å². The molecule has 1 aromatic carbocycles. The molecular weight excluding hydrogens is 276 g/mol. The zero-order valence-electron chi connectivity index (χ0n) is 11.2. The SMILES string of the molecule is CCn1cc(C2(O)CCS(=O)(=O)c3ccccc32)cn1. The Bertz CT molecular complexity index is 751. The highest BCUT2D eigenvalue weighted by molar-refractivity contribution is 7.91. The molecule has 20 heavy (non-hydrogen) atoms. The molecule has 5 nitrogen and oxygen atoms in total. The molecule has 2 heterocycles. The van der Waals surface area contributed by atoms with Crippen molar-refractivity contribution in [3.8, 4) is 0 Å². The van der Waals surface area contributed by atoms with Crippen LogP contribution in [0.25, 0.3) is 0 Å². The molecule has 0 radical (unpaired) electrons. The second-order valence-corrected chi connectivity index (χ2v) is 7.09. The van der Waals surface area contributed by atoms with Crippen LogP contribution in [0.1, 0.15) is 24.5 Å². The lowest BCUT2D eigenvalue weighted by atomic mass is 9.85. The summed E-state index contributed by atoms with van der Waals surface area (Å²) in [6.45, 7) is 2.66. The maximum atomic E-state index is 12.1. The highest BCUT2D eigenvalue weighted by Crippen LogP contribution is 2.41. The van der Waals surface area contributed by atoms with Crippen LogP contribution in [0.15, 0.2) is 41.6 Å². The second kappa shape index (κ2) is 4.43. The number of sulfone groups is 1. The molecule has 0 spiro atoms. The summed E-state index contributed by atoms with van der Waals surface area (Å²) in [5.74, 6) is -0.0577. The topological polar surface area (TPSA) is 72.2 Å². The number of hydrogen-bond donors (Lipinski definition) is 1. The number of aliphatic hydroxyl groups is 1. The Morgan fingerprint density at radius 2 is 2.15 bits per heavy atom. The minimum Gasteiger partial charge on any atom is -0.380 e. The van der Waals surface area contributed by atoms with E-state index < -0.39 is 15.4 Å². The zero-order chi connectivity index (χ0) is 14.4. The fourth-order valence-electron chi connectivity index (χ4n) is 2.66. The zero-order valence-corrected chi connectivity index (χ0v) is 12.0. The van der Waals surface area contributed by atoms with Crippen LogP contribution in [0.5, 0.6) is 0 Å². The van der Waals surface area contributed by atoms with Gasteiger partial charge >= 0.3 is 0 Å². The maximum Gasteiger partial charge on any atom is 0.178 e. The normalized spacial score (nSPS) is 24.3. The standard InChI is InChI=1S/C14H16N2O3S/c1-2-16-10-11(9-15-16)14(17)7-8-20(18,19)13-6-4-3-5-12(13)14/h3-6,9-10,17H,2,7-8H2,1H3. The van der Waals surface area contributed by atoms with Crippen molar-refractivity contribution in [2.45, 2.75) is 30.4 Å². The van der Waals surface area contributed by atoms with Crippen molar-refractivity contribution < 1.29 is 13.5 Å². The van der Waals surface area contributed by atoms with E-state index in [0.29, 0.717) is 17.7 Å². The van der Waals surface area contributed by atoms with Gasteiger partial charge in [0.05, 0.1) is 16.8 Å². The molecule has 0 amide bonds. The Labute approximate surface area is 117 Å². The van der Waals surface area contributed by atoms with Gasteiger partial charge in [-0.2, -0.15) is 5.10 Å². The third-order valence-electron chi connectivity index (χ3n) is 3.84. The first-order valence-corrected chi connectivity index (χ1v) is 8.20. The van der Waals surface area contributed by atoms with E-state index in [1.807, 2.05) is 6.92 Å². The lowest BCUT2D eigenvalue weighted by Crippen LogP contribution is -2.36. The van der Waals surface area contributed by atoms with Crippen LogP contribution in [0, 0.1) is 0 Å². The number of aryl methyl sites for hydroxylation is 1. The first-order chi connectivity index (χ1) is 9.47. The summed E-state index contributed by atoms with van der Waals surface area (Å²) in [5, 5.41) is 15.2. The van der Waals surface area contributed by atoms with Gasteiger partial charge in [0.2, 0.25) is 0 Å². The van der Waals surface area contributed by atoms with E-state index in [2.05, 4.69) is 5.10 Å². The molecule has 1 atom stereocenters. The van der Waals surface area contributed by atoms with Crippen LogP contribution in [-0.2, 0) is 22.0 Å². The van der Waals surface area contributed by atoms with E-state index in [9.17, 15) is 13.5 Å². The van der Waals surface area contributed by atoms with Gasteiger partial charge in [0, 0.05) is 23.9 Å². The van der Waals surface area contributed by atoms with Gasteiger partial charge in [-0.05, 0) is 19.4 Å². The largest absolute Gasteiger partial charge is 0.380 e. The summed E-state index contributed by atoms with van der Waals surface area (Å²) >= 11 is 0. The summed E-state index contributed by atoms with van der Waals surface area (Å²) < 4.78 is 26.0. The number of rotatable bonds is 2. The van der Waals surface area contributed by atoms with Crippen LogP contribution in [0.3, 0.4) is 0 Å². The van der Waals surface area contributed by atoms with Crippen LogP contribution < -0.4 is 0 Å². The number of fused-ring (bicyclic) bond motifs is 1. The molecule has 2 aromatic rings. The van der Waals surface area contributed by atoms with Crippen LogP contribution >= 0.6 is 0 Å². The van der Waals surface area contributed by atoms with Gasteiger partial charge in [-0.25, -0.2) is 8.42 Å². The van der Waals surface area contributed by atoms with E-state index in [1.165, 1.54) is 0 Å². The molecule has 1 aliphatic rings. The lowest BCUT2D eigenvalue weighted by Gasteiger charge is -2.33. The molecule has 6 heteroatoms. The third-order valence-corrected chi connectivity index (χ3v) is 5.60. The average molecular weight is 292 g/mol.